The molecule has 0 spiro atoms. The van der Waals surface area contributed by atoms with Gasteiger partial charge in [0.2, 0.25) is 0 Å². The van der Waals surface area contributed by atoms with E-state index in [2.05, 4.69) is 19.2 Å². The van der Waals surface area contributed by atoms with Crippen molar-refractivity contribution in [2.24, 2.45) is 5.41 Å². The van der Waals surface area contributed by atoms with E-state index >= 15 is 0 Å². The number of aliphatic carboxylic acids is 1. The summed E-state index contributed by atoms with van der Waals surface area (Å²) >= 11 is 0. The van der Waals surface area contributed by atoms with Crippen molar-refractivity contribution >= 4 is 11.7 Å². The average Bonchev–Trinajstić information content (AvgIpc) is 2.30. The van der Waals surface area contributed by atoms with Gasteiger partial charge in [-0.2, -0.15) is 0 Å². The molecule has 1 aliphatic carbocycles. The molecule has 19 heavy (non-hydrogen) atoms. The number of carboxylic acids is 1. The molecule has 2 N–H and O–H groups in total. The molecule has 4 heteroatoms. The molecular weight excluding hydrogens is 245 g/mol. The molecule has 1 atom stereocenters. The van der Waals surface area contributed by atoms with Crippen molar-refractivity contribution in [1.82, 2.24) is 0 Å². The largest absolute Gasteiger partial charge is 0.480 e. The molecule has 1 saturated carbocycles. The van der Waals surface area contributed by atoms with E-state index in [9.17, 15) is 14.3 Å². The second-order valence-corrected chi connectivity index (χ2v) is 6.19. The van der Waals surface area contributed by atoms with E-state index in [0.717, 1.165) is 12.8 Å². The van der Waals surface area contributed by atoms with Gasteiger partial charge in [0.1, 0.15) is 11.4 Å². The van der Waals surface area contributed by atoms with Gasteiger partial charge < -0.3 is 10.4 Å². The molecule has 1 fully saturated rings. The zero-order valence-corrected chi connectivity index (χ0v) is 11.4. The van der Waals surface area contributed by atoms with Gasteiger partial charge in [0.25, 0.3) is 0 Å². The van der Waals surface area contributed by atoms with Crippen molar-refractivity contribution in [3.63, 3.8) is 0 Å². The van der Waals surface area contributed by atoms with Crippen LogP contribution >= 0.6 is 0 Å². The van der Waals surface area contributed by atoms with Crippen LogP contribution in [0.15, 0.2) is 24.3 Å². The van der Waals surface area contributed by atoms with Gasteiger partial charge in [-0.15, -0.1) is 0 Å². The summed E-state index contributed by atoms with van der Waals surface area (Å²) in [4.78, 5) is 11.7. The Hall–Kier alpha value is -1.58. The van der Waals surface area contributed by atoms with Crippen LogP contribution in [0.5, 0.6) is 0 Å². The van der Waals surface area contributed by atoms with Crippen molar-refractivity contribution < 1.29 is 14.3 Å². The first-order valence-electron chi connectivity index (χ1n) is 6.61. The minimum atomic E-state index is -1.07. The Morgan fingerprint density at radius 1 is 1.32 bits per heavy atom. The summed E-state index contributed by atoms with van der Waals surface area (Å²) in [6.07, 6.45) is 2.87. The van der Waals surface area contributed by atoms with Crippen LogP contribution < -0.4 is 5.32 Å². The van der Waals surface area contributed by atoms with Crippen LogP contribution in [0.4, 0.5) is 10.1 Å². The molecule has 0 saturated heterocycles. The Morgan fingerprint density at radius 2 is 2.00 bits per heavy atom. The number of hydrogen-bond acceptors (Lipinski definition) is 2. The van der Waals surface area contributed by atoms with E-state index in [1.807, 2.05) is 0 Å². The second kappa shape index (κ2) is 4.83. The van der Waals surface area contributed by atoms with Gasteiger partial charge in [0.05, 0.1) is 5.69 Å². The lowest BCUT2D eigenvalue weighted by molar-refractivity contribution is -0.145. The Morgan fingerprint density at radius 3 is 2.58 bits per heavy atom. The summed E-state index contributed by atoms with van der Waals surface area (Å²) in [7, 11) is 0. The highest BCUT2D eigenvalue weighted by atomic mass is 19.1. The summed E-state index contributed by atoms with van der Waals surface area (Å²) in [5, 5.41) is 12.5. The molecule has 0 bridgehead atoms. The van der Waals surface area contributed by atoms with E-state index in [1.165, 1.54) is 6.07 Å². The molecule has 0 aromatic heterocycles. The number of rotatable bonds is 3. The Balaban J connectivity index is 2.31. The topological polar surface area (TPSA) is 49.3 Å². The van der Waals surface area contributed by atoms with Crippen LogP contribution in [0.2, 0.25) is 0 Å². The lowest BCUT2D eigenvalue weighted by Crippen LogP contribution is -2.52. The van der Waals surface area contributed by atoms with Gasteiger partial charge >= 0.3 is 5.97 Å². The van der Waals surface area contributed by atoms with E-state index in [4.69, 9.17) is 0 Å². The SMILES string of the molecule is CC1(C)CCCC(Nc2ccccc2F)(C(=O)O)C1. The smallest absolute Gasteiger partial charge is 0.329 e. The normalized spacial score (nSPS) is 25.8. The summed E-state index contributed by atoms with van der Waals surface area (Å²) in [6, 6.07) is 6.22. The minimum absolute atomic E-state index is 0.0467. The average molecular weight is 265 g/mol. The maximum atomic E-state index is 13.7. The van der Waals surface area contributed by atoms with Crippen LogP contribution in [0.1, 0.15) is 39.5 Å². The van der Waals surface area contributed by atoms with E-state index < -0.39 is 17.3 Å². The number of anilines is 1. The fourth-order valence-electron chi connectivity index (χ4n) is 3.03. The van der Waals surface area contributed by atoms with Crippen LogP contribution in [0.25, 0.3) is 0 Å². The lowest BCUT2D eigenvalue weighted by Gasteiger charge is -2.43. The molecule has 3 nitrogen and oxygen atoms in total. The zero-order chi connectivity index (χ0) is 14.1. The van der Waals surface area contributed by atoms with Gasteiger partial charge in [-0.1, -0.05) is 26.0 Å². The van der Waals surface area contributed by atoms with Crippen LogP contribution in [-0.2, 0) is 4.79 Å². The minimum Gasteiger partial charge on any atom is -0.480 e. The predicted molar refractivity (Wildman–Crippen MR) is 72.6 cm³/mol. The van der Waals surface area contributed by atoms with Crippen molar-refractivity contribution in [1.29, 1.82) is 0 Å². The third-order valence-corrected chi connectivity index (χ3v) is 3.89. The number of hydrogen-bond donors (Lipinski definition) is 2. The molecule has 1 unspecified atom stereocenters. The maximum absolute atomic E-state index is 13.7. The highest BCUT2D eigenvalue weighted by Gasteiger charge is 2.46. The Labute approximate surface area is 112 Å². The van der Waals surface area contributed by atoms with Crippen LogP contribution in [0, 0.1) is 11.2 Å². The molecule has 1 aromatic carbocycles. The zero-order valence-electron chi connectivity index (χ0n) is 11.4. The Bertz CT molecular complexity index is 487. The fraction of sp³-hybridized carbons (Fsp3) is 0.533. The van der Waals surface area contributed by atoms with Gasteiger partial charge in [0, 0.05) is 0 Å². The first-order chi connectivity index (χ1) is 8.85. The highest BCUT2D eigenvalue weighted by Crippen LogP contribution is 2.43. The number of benzene rings is 1. The third kappa shape index (κ3) is 2.88. The van der Waals surface area contributed by atoms with E-state index in [0.29, 0.717) is 12.8 Å². The maximum Gasteiger partial charge on any atom is 0.329 e. The van der Waals surface area contributed by atoms with E-state index in [1.54, 1.807) is 18.2 Å². The molecular formula is C15H20FNO2. The third-order valence-electron chi connectivity index (χ3n) is 3.89. The van der Waals surface area contributed by atoms with Gasteiger partial charge in [0.15, 0.2) is 0 Å². The lowest BCUT2D eigenvalue weighted by atomic mass is 9.68. The summed E-state index contributed by atoms with van der Waals surface area (Å²) in [6.45, 7) is 4.12. The molecule has 2 rings (SSSR count). The molecule has 0 radical (unpaired) electrons. The number of halogens is 1. The fourth-order valence-corrected chi connectivity index (χ4v) is 3.03. The number of nitrogens with one attached hydrogen (secondary N) is 1. The standard InChI is InChI=1S/C15H20FNO2/c1-14(2)8-5-9-15(10-14,13(18)19)17-12-7-4-3-6-11(12)16/h3-4,6-7,17H,5,8-10H2,1-2H3,(H,18,19). The van der Waals surface area contributed by atoms with Gasteiger partial charge in [-0.25, -0.2) is 9.18 Å². The number of carboxylic acid groups (broad SMARTS) is 1. The molecule has 1 aliphatic rings. The van der Waals surface area contributed by atoms with Gasteiger partial charge in [-0.3, -0.25) is 0 Å². The number of para-hydroxylation sites is 1. The first-order valence-corrected chi connectivity index (χ1v) is 6.61. The molecule has 104 valence electrons. The molecule has 0 amide bonds. The van der Waals surface area contributed by atoms with Crippen molar-refractivity contribution in [3.05, 3.63) is 30.1 Å². The van der Waals surface area contributed by atoms with Crippen molar-refractivity contribution in [3.8, 4) is 0 Å². The molecule has 1 aromatic rings. The van der Waals surface area contributed by atoms with Crippen LogP contribution in [-0.4, -0.2) is 16.6 Å². The van der Waals surface area contributed by atoms with Gasteiger partial charge in [-0.05, 0) is 43.2 Å². The summed E-state index contributed by atoms with van der Waals surface area (Å²) in [5.41, 5.74) is -0.846. The monoisotopic (exact) mass is 265 g/mol. The predicted octanol–water partition coefficient (Wildman–Crippen LogP) is 3.66. The highest BCUT2D eigenvalue weighted by molar-refractivity contribution is 5.83. The Kier molecular flexibility index (Phi) is 3.52. The quantitative estimate of drug-likeness (QED) is 0.876. The van der Waals surface area contributed by atoms with E-state index in [-0.39, 0.29) is 11.1 Å². The summed E-state index contributed by atoms with van der Waals surface area (Å²) in [5.74, 6) is -1.31. The summed E-state index contributed by atoms with van der Waals surface area (Å²) < 4.78 is 13.7. The first kappa shape index (κ1) is 13.8. The second-order valence-electron chi connectivity index (χ2n) is 6.19. The van der Waals surface area contributed by atoms with Crippen molar-refractivity contribution in [2.75, 3.05) is 5.32 Å². The molecule has 0 heterocycles. The molecule has 0 aliphatic heterocycles. The van der Waals surface area contributed by atoms with Crippen molar-refractivity contribution in [2.45, 2.75) is 45.1 Å². The number of carbonyl (C=O) groups is 1. The van der Waals surface area contributed by atoms with Crippen LogP contribution in [0.3, 0.4) is 0 Å².